The molecule has 0 aliphatic heterocycles. The molecule has 0 fully saturated rings. The van der Waals surface area contributed by atoms with Crippen LogP contribution in [0, 0.1) is 0 Å². The van der Waals surface area contributed by atoms with Gasteiger partial charge >= 0.3 is 0 Å². The molecule has 0 aliphatic rings. The van der Waals surface area contributed by atoms with Crippen LogP contribution in [0.25, 0.3) is 10.8 Å². The van der Waals surface area contributed by atoms with Crippen molar-refractivity contribution in [1.82, 2.24) is 15.5 Å². The van der Waals surface area contributed by atoms with Gasteiger partial charge in [0, 0.05) is 4.88 Å². The summed E-state index contributed by atoms with van der Waals surface area (Å²) in [5.74, 6) is 1.76. The fourth-order valence-electron chi connectivity index (χ4n) is 3.28. The van der Waals surface area contributed by atoms with Crippen molar-refractivity contribution in [3.63, 3.8) is 0 Å². The van der Waals surface area contributed by atoms with Gasteiger partial charge < -0.3 is 4.42 Å². The van der Waals surface area contributed by atoms with Gasteiger partial charge in [-0.15, -0.1) is 32.9 Å². The summed E-state index contributed by atoms with van der Waals surface area (Å²) < 4.78 is 5.94. The second-order valence-corrected chi connectivity index (χ2v) is 9.16. The number of hydrogen-bond acceptors (Lipinski definition) is 6. The largest absolute Gasteiger partial charge is 0.418 e. The zero-order chi connectivity index (χ0) is 20.2. The van der Waals surface area contributed by atoms with Crippen LogP contribution in [0.3, 0.4) is 0 Å². The molecule has 0 spiro atoms. The molecular formula is C23H25N3OS2. The van der Waals surface area contributed by atoms with E-state index in [0.29, 0.717) is 17.7 Å². The van der Waals surface area contributed by atoms with E-state index in [1.807, 2.05) is 17.5 Å². The molecule has 0 saturated heterocycles. The molecule has 0 aliphatic carbocycles. The average molecular weight is 424 g/mol. The predicted octanol–water partition coefficient (Wildman–Crippen LogP) is 6.81. The van der Waals surface area contributed by atoms with Crippen LogP contribution in [-0.4, -0.2) is 10.2 Å². The highest BCUT2D eigenvalue weighted by molar-refractivity contribution is 7.13. The van der Waals surface area contributed by atoms with Crippen molar-refractivity contribution in [3.05, 3.63) is 81.2 Å². The van der Waals surface area contributed by atoms with Crippen molar-refractivity contribution in [1.29, 1.82) is 0 Å². The molecule has 6 heteroatoms. The Morgan fingerprint density at radius 3 is 2.31 bits per heavy atom. The van der Waals surface area contributed by atoms with Crippen LogP contribution in [-0.2, 0) is 0 Å². The van der Waals surface area contributed by atoms with Crippen LogP contribution in [0.15, 0.2) is 63.7 Å². The topological polar surface area (TPSA) is 51.0 Å². The molecule has 0 bridgehead atoms. The van der Waals surface area contributed by atoms with E-state index in [1.165, 1.54) is 16.0 Å². The third kappa shape index (κ3) is 4.50. The lowest BCUT2D eigenvalue weighted by molar-refractivity contribution is 0.405. The Morgan fingerprint density at radius 2 is 1.66 bits per heavy atom. The van der Waals surface area contributed by atoms with Crippen LogP contribution in [0.2, 0.25) is 0 Å². The minimum absolute atomic E-state index is 0.0717. The van der Waals surface area contributed by atoms with Gasteiger partial charge in [-0.2, -0.15) is 0 Å². The van der Waals surface area contributed by atoms with Gasteiger partial charge in [0.15, 0.2) is 0 Å². The Labute approximate surface area is 179 Å². The first-order valence-corrected chi connectivity index (χ1v) is 11.7. The predicted molar refractivity (Wildman–Crippen MR) is 120 cm³/mol. The molecule has 0 radical (unpaired) electrons. The van der Waals surface area contributed by atoms with Crippen LogP contribution in [0.1, 0.15) is 67.1 Å². The zero-order valence-electron chi connectivity index (χ0n) is 16.8. The van der Waals surface area contributed by atoms with Gasteiger partial charge in [-0.05, 0) is 53.3 Å². The monoisotopic (exact) mass is 423 g/mol. The summed E-state index contributed by atoms with van der Waals surface area (Å²) in [7, 11) is 0. The molecule has 0 unspecified atom stereocenters. The van der Waals surface area contributed by atoms with Gasteiger partial charge in [0.25, 0.3) is 5.89 Å². The number of rotatable bonds is 8. The van der Waals surface area contributed by atoms with Crippen molar-refractivity contribution in [2.45, 2.75) is 45.2 Å². The molecule has 1 N–H and O–H groups in total. The lowest BCUT2D eigenvalue weighted by atomic mass is 9.95. The van der Waals surface area contributed by atoms with Gasteiger partial charge in [-0.25, -0.2) is 0 Å². The maximum atomic E-state index is 5.94. The smallest absolute Gasteiger partial charge is 0.257 e. The molecule has 4 rings (SSSR count). The first-order chi connectivity index (χ1) is 14.2. The number of thiophene rings is 2. The number of nitrogens with zero attached hydrogens (tertiary/aromatic N) is 2. The average Bonchev–Trinajstić information content (AvgIpc) is 3.52. The first-order valence-electron chi connectivity index (χ1n) is 9.92. The maximum absolute atomic E-state index is 5.94. The van der Waals surface area contributed by atoms with Crippen molar-refractivity contribution in [3.8, 4) is 10.8 Å². The lowest BCUT2D eigenvalue weighted by Crippen LogP contribution is -2.25. The second-order valence-electron chi connectivity index (χ2n) is 7.24. The van der Waals surface area contributed by atoms with E-state index >= 15 is 0 Å². The highest BCUT2D eigenvalue weighted by atomic mass is 32.1. The van der Waals surface area contributed by atoms with E-state index in [1.54, 1.807) is 22.7 Å². The standard InChI is InChI=1S/C23H25N3OS2/c1-4-15(2)17-9-11-18(12-10-17)21(19-7-5-13-28-19)24-16(3)22-25-26-23(27-22)20-8-6-14-29-20/h5-16,21,24H,4H2,1-3H3/t15-,16-,21-/m0/s1. The molecule has 0 saturated carbocycles. The summed E-state index contributed by atoms with van der Waals surface area (Å²) in [5.41, 5.74) is 2.62. The van der Waals surface area contributed by atoms with Crippen molar-refractivity contribution < 1.29 is 4.42 Å². The molecule has 1 aromatic carbocycles. The first kappa shape index (κ1) is 20.0. The minimum atomic E-state index is -0.0717. The summed E-state index contributed by atoms with van der Waals surface area (Å²) in [6.07, 6.45) is 1.15. The normalized spacial score (nSPS) is 14.6. The number of hydrogen-bond donors (Lipinski definition) is 1. The molecule has 3 heterocycles. The molecule has 29 heavy (non-hydrogen) atoms. The van der Waals surface area contributed by atoms with E-state index in [4.69, 9.17) is 4.42 Å². The maximum Gasteiger partial charge on any atom is 0.257 e. The molecule has 3 aromatic heterocycles. The van der Waals surface area contributed by atoms with Crippen LogP contribution < -0.4 is 5.32 Å². The van der Waals surface area contributed by atoms with Crippen LogP contribution in [0.5, 0.6) is 0 Å². The third-order valence-corrected chi connectivity index (χ3v) is 7.03. The lowest BCUT2D eigenvalue weighted by Gasteiger charge is -2.22. The zero-order valence-corrected chi connectivity index (χ0v) is 18.5. The molecule has 4 nitrogen and oxygen atoms in total. The third-order valence-electron chi connectivity index (χ3n) is 5.24. The van der Waals surface area contributed by atoms with Crippen molar-refractivity contribution in [2.24, 2.45) is 0 Å². The van der Waals surface area contributed by atoms with Crippen molar-refractivity contribution >= 4 is 22.7 Å². The Kier molecular flexibility index (Phi) is 6.23. The van der Waals surface area contributed by atoms with Gasteiger partial charge in [-0.1, -0.05) is 50.2 Å². The van der Waals surface area contributed by atoms with Crippen LogP contribution >= 0.6 is 22.7 Å². The summed E-state index contributed by atoms with van der Waals surface area (Å²) in [6.45, 7) is 6.57. The Morgan fingerprint density at radius 1 is 0.931 bits per heavy atom. The SMILES string of the molecule is CC[C@H](C)c1ccc([C@H](N[C@@H](C)c2nnc(-c3cccs3)o2)c2cccs2)cc1. The fraction of sp³-hybridized carbons (Fsp3) is 0.304. The molecule has 150 valence electrons. The van der Waals surface area contributed by atoms with Crippen molar-refractivity contribution in [2.75, 3.05) is 0 Å². The highest BCUT2D eigenvalue weighted by Crippen LogP contribution is 2.31. The molecule has 0 amide bonds. The van der Waals surface area contributed by atoms with Crippen LogP contribution in [0.4, 0.5) is 0 Å². The van der Waals surface area contributed by atoms with Gasteiger partial charge in [0.1, 0.15) is 0 Å². The second kappa shape index (κ2) is 9.03. The highest BCUT2D eigenvalue weighted by Gasteiger charge is 2.22. The Bertz CT molecular complexity index is 1010. The van der Waals surface area contributed by atoms with E-state index < -0.39 is 0 Å². The van der Waals surface area contributed by atoms with E-state index in [0.717, 1.165) is 11.3 Å². The molecular weight excluding hydrogens is 398 g/mol. The summed E-state index contributed by atoms with van der Waals surface area (Å²) in [6, 6.07) is 17.2. The van der Waals surface area contributed by atoms with E-state index in [2.05, 4.69) is 78.1 Å². The van der Waals surface area contributed by atoms with Gasteiger partial charge in [0.2, 0.25) is 5.89 Å². The van der Waals surface area contributed by atoms with Gasteiger partial charge in [-0.3, -0.25) is 5.32 Å². The Hall–Kier alpha value is -2.28. The molecule has 3 atom stereocenters. The number of nitrogens with one attached hydrogen (secondary N) is 1. The summed E-state index contributed by atoms with van der Waals surface area (Å²) in [4.78, 5) is 2.26. The number of benzene rings is 1. The Balaban J connectivity index is 1.56. The summed E-state index contributed by atoms with van der Waals surface area (Å²) >= 11 is 3.35. The van der Waals surface area contributed by atoms with E-state index in [9.17, 15) is 0 Å². The number of aromatic nitrogens is 2. The molecule has 4 aromatic rings. The quantitative estimate of drug-likeness (QED) is 0.338. The van der Waals surface area contributed by atoms with Gasteiger partial charge in [0.05, 0.1) is 17.0 Å². The fourth-order valence-corrected chi connectivity index (χ4v) is 4.74. The summed E-state index contributed by atoms with van der Waals surface area (Å²) in [5, 5.41) is 16.3. The minimum Gasteiger partial charge on any atom is -0.418 e. The van der Waals surface area contributed by atoms with E-state index in [-0.39, 0.29) is 12.1 Å².